The number of nitrogens with one attached hydrogen (secondary N) is 1. The molecule has 1 fully saturated rings. The van der Waals surface area contributed by atoms with Gasteiger partial charge >= 0.3 is 11.9 Å². The molecule has 0 saturated heterocycles. The second-order valence-corrected chi connectivity index (χ2v) is 9.02. The number of hydrogen-bond acceptors (Lipinski definition) is 7. The summed E-state index contributed by atoms with van der Waals surface area (Å²) >= 11 is 7.74. The fourth-order valence-corrected chi connectivity index (χ4v) is 5.11. The van der Waals surface area contributed by atoms with Crippen molar-refractivity contribution in [3.8, 4) is 0 Å². The molecule has 2 aromatic rings. The lowest BCUT2D eigenvalue weighted by molar-refractivity contribution is -0.143. The van der Waals surface area contributed by atoms with Crippen molar-refractivity contribution >= 4 is 40.7 Å². The lowest BCUT2D eigenvalue weighted by Gasteiger charge is -2.34. The highest BCUT2D eigenvalue weighted by atomic mass is 35.5. The average Bonchev–Trinajstić information content (AvgIpc) is 3.33. The standard InChI is InChI=1S/C22H21ClFN3O4S/c1-31-22(30)16-17(11-2-4-12(5-3-11)21(28)29)26-19(20-25-8-9-32-20)27-18(16)14-7-6-13(24)10-15(14)23/h6-12,18H,2-5H2,1H3,(H,26,27)(H,28,29). The van der Waals surface area contributed by atoms with Crippen LogP contribution in [0.25, 0.3) is 0 Å². The summed E-state index contributed by atoms with van der Waals surface area (Å²) in [5.41, 5.74) is 1.40. The number of carboxylic acids is 1. The molecule has 0 amide bonds. The average molecular weight is 478 g/mol. The fourth-order valence-electron chi connectivity index (χ4n) is 4.25. The number of carbonyl (C=O) groups is 2. The lowest BCUT2D eigenvalue weighted by Crippen LogP contribution is -2.38. The summed E-state index contributed by atoms with van der Waals surface area (Å²) in [5, 5.41) is 15.2. The molecule has 1 unspecified atom stereocenters. The molecule has 7 nitrogen and oxygen atoms in total. The number of nitrogens with zero attached hydrogens (tertiary/aromatic N) is 2. The van der Waals surface area contributed by atoms with Crippen molar-refractivity contribution in [2.75, 3.05) is 7.11 Å². The number of methoxy groups -OCH3 is 1. The Morgan fingerprint density at radius 3 is 2.62 bits per heavy atom. The van der Waals surface area contributed by atoms with Crippen molar-refractivity contribution in [3.63, 3.8) is 0 Å². The number of thiazole rings is 1. The van der Waals surface area contributed by atoms with Crippen molar-refractivity contribution in [3.05, 3.63) is 62.5 Å². The number of amidine groups is 1. The van der Waals surface area contributed by atoms with E-state index in [-0.39, 0.29) is 10.9 Å². The zero-order valence-corrected chi connectivity index (χ0v) is 18.8. The molecule has 1 aliphatic heterocycles. The first kappa shape index (κ1) is 22.4. The molecule has 0 spiro atoms. The number of allylic oxidation sites excluding steroid dienone is 1. The van der Waals surface area contributed by atoms with Crippen LogP contribution in [-0.4, -0.2) is 35.0 Å². The van der Waals surface area contributed by atoms with Gasteiger partial charge in [-0.2, -0.15) is 0 Å². The number of esters is 1. The summed E-state index contributed by atoms with van der Waals surface area (Å²) in [6, 6.07) is 3.15. The third-order valence-electron chi connectivity index (χ3n) is 5.86. The largest absolute Gasteiger partial charge is 0.481 e. The van der Waals surface area contributed by atoms with E-state index < -0.39 is 29.7 Å². The number of carboxylic acid groups (broad SMARTS) is 1. The maximum atomic E-state index is 13.7. The molecular weight excluding hydrogens is 457 g/mol. The lowest BCUT2D eigenvalue weighted by atomic mass is 9.78. The Kier molecular flexibility index (Phi) is 6.57. The smallest absolute Gasteiger partial charge is 0.338 e. The molecule has 1 atom stereocenters. The van der Waals surface area contributed by atoms with E-state index in [1.807, 2.05) is 5.38 Å². The number of ether oxygens (including phenoxy) is 1. The molecule has 1 aromatic heterocycles. The van der Waals surface area contributed by atoms with Gasteiger partial charge in [-0.25, -0.2) is 14.2 Å². The van der Waals surface area contributed by atoms with Gasteiger partial charge in [-0.3, -0.25) is 9.79 Å². The molecule has 2 heterocycles. The van der Waals surface area contributed by atoms with Crippen LogP contribution in [0.15, 0.2) is 46.0 Å². The van der Waals surface area contributed by atoms with Crippen molar-refractivity contribution in [1.29, 1.82) is 0 Å². The number of rotatable bonds is 5. The van der Waals surface area contributed by atoms with Gasteiger partial charge in [-0.15, -0.1) is 11.3 Å². The zero-order valence-electron chi connectivity index (χ0n) is 17.2. The molecular formula is C22H21ClFN3O4S. The molecule has 2 aliphatic rings. The van der Waals surface area contributed by atoms with E-state index in [1.54, 1.807) is 6.20 Å². The maximum Gasteiger partial charge on any atom is 0.338 e. The minimum absolute atomic E-state index is 0.0908. The van der Waals surface area contributed by atoms with Crippen LogP contribution in [0.5, 0.6) is 0 Å². The monoisotopic (exact) mass is 477 g/mol. The molecule has 4 rings (SSSR count). The summed E-state index contributed by atoms with van der Waals surface area (Å²) in [7, 11) is 1.29. The minimum Gasteiger partial charge on any atom is -0.481 e. The van der Waals surface area contributed by atoms with Crippen LogP contribution in [0.2, 0.25) is 5.02 Å². The number of aliphatic imine (C=N–C) groups is 1. The predicted octanol–water partition coefficient (Wildman–Crippen LogP) is 4.34. The van der Waals surface area contributed by atoms with Crippen LogP contribution in [-0.2, 0) is 14.3 Å². The van der Waals surface area contributed by atoms with Gasteiger partial charge in [0.25, 0.3) is 0 Å². The number of aliphatic carboxylic acids is 1. The van der Waals surface area contributed by atoms with Gasteiger partial charge in [-0.05, 0) is 43.7 Å². The zero-order chi connectivity index (χ0) is 22.8. The number of hydrogen-bond donors (Lipinski definition) is 2. The quantitative estimate of drug-likeness (QED) is 0.621. The molecule has 1 aliphatic carbocycles. The van der Waals surface area contributed by atoms with E-state index in [4.69, 9.17) is 21.3 Å². The molecule has 1 saturated carbocycles. The summed E-state index contributed by atoms with van der Waals surface area (Å²) < 4.78 is 18.8. The number of carbonyl (C=O) groups excluding carboxylic acids is 1. The molecule has 2 N–H and O–H groups in total. The van der Waals surface area contributed by atoms with Gasteiger partial charge < -0.3 is 15.2 Å². The van der Waals surface area contributed by atoms with Crippen LogP contribution < -0.4 is 5.32 Å². The van der Waals surface area contributed by atoms with E-state index in [2.05, 4.69) is 10.3 Å². The minimum atomic E-state index is -0.817. The Hall–Kier alpha value is -2.78. The first-order chi connectivity index (χ1) is 15.4. The highest BCUT2D eigenvalue weighted by Gasteiger charge is 2.38. The van der Waals surface area contributed by atoms with E-state index in [0.29, 0.717) is 53.4 Å². The highest BCUT2D eigenvalue weighted by Crippen LogP contribution is 2.41. The first-order valence-electron chi connectivity index (χ1n) is 10.1. The Labute approximate surface area is 193 Å². The normalized spacial score (nSPS) is 23.3. The third kappa shape index (κ3) is 4.40. The summed E-state index contributed by atoms with van der Waals surface area (Å²) in [6.07, 6.45) is 3.85. The molecule has 168 valence electrons. The fraction of sp³-hybridized carbons (Fsp3) is 0.364. The van der Waals surface area contributed by atoms with Crippen LogP contribution in [0.1, 0.15) is 42.3 Å². The van der Waals surface area contributed by atoms with Gasteiger partial charge in [0.05, 0.1) is 18.6 Å². The van der Waals surface area contributed by atoms with E-state index in [9.17, 15) is 19.1 Å². The first-order valence-corrected chi connectivity index (χ1v) is 11.4. The van der Waals surface area contributed by atoms with Gasteiger partial charge in [0.1, 0.15) is 11.9 Å². The molecule has 32 heavy (non-hydrogen) atoms. The number of benzene rings is 1. The molecule has 0 radical (unpaired) electrons. The Morgan fingerprint density at radius 2 is 2.03 bits per heavy atom. The number of aromatic nitrogens is 1. The van der Waals surface area contributed by atoms with Crippen LogP contribution in [0.4, 0.5) is 4.39 Å². The summed E-state index contributed by atoms with van der Waals surface area (Å²) in [4.78, 5) is 33.4. The van der Waals surface area contributed by atoms with E-state index in [0.717, 1.165) is 0 Å². The van der Waals surface area contributed by atoms with E-state index in [1.165, 1.54) is 36.6 Å². The predicted molar refractivity (Wildman–Crippen MR) is 118 cm³/mol. The second-order valence-electron chi connectivity index (χ2n) is 7.71. The van der Waals surface area contributed by atoms with Crippen molar-refractivity contribution < 1.29 is 23.8 Å². The SMILES string of the molecule is COC(=O)C1=C(C2CCC(C(=O)O)CC2)NC(c2nccs2)=NC1c1ccc(F)cc1Cl. The molecule has 10 heteroatoms. The van der Waals surface area contributed by atoms with Gasteiger partial charge in [-0.1, -0.05) is 17.7 Å². The maximum absolute atomic E-state index is 13.7. The number of halogens is 2. The third-order valence-corrected chi connectivity index (χ3v) is 6.96. The Balaban J connectivity index is 1.82. The topological polar surface area (TPSA) is 101 Å². The van der Waals surface area contributed by atoms with Crippen molar-refractivity contribution in [1.82, 2.24) is 10.3 Å². The van der Waals surface area contributed by atoms with Crippen LogP contribution in [0.3, 0.4) is 0 Å². The molecule has 0 bridgehead atoms. The van der Waals surface area contributed by atoms with Gasteiger partial charge in [0, 0.05) is 27.9 Å². The van der Waals surface area contributed by atoms with Crippen LogP contribution >= 0.6 is 22.9 Å². The highest BCUT2D eigenvalue weighted by molar-refractivity contribution is 7.11. The Morgan fingerprint density at radius 1 is 1.28 bits per heavy atom. The van der Waals surface area contributed by atoms with Crippen molar-refractivity contribution in [2.45, 2.75) is 31.7 Å². The van der Waals surface area contributed by atoms with Crippen LogP contribution in [0, 0.1) is 17.7 Å². The Bertz CT molecular complexity index is 1090. The molecule has 1 aromatic carbocycles. The summed E-state index contributed by atoms with van der Waals surface area (Å²) in [5.74, 6) is -1.87. The second kappa shape index (κ2) is 9.38. The van der Waals surface area contributed by atoms with E-state index >= 15 is 0 Å². The summed E-state index contributed by atoms with van der Waals surface area (Å²) in [6.45, 7) is 0. The van der Waals surface area contributed by atoms with Gasteiger partial charge in [0.2, 0.25) is 0 Å². The van der Waals surface area contributed by atoms with Crippen molar-refractivity contribution in [2.24, 2.45) is 16.8 Å². The van der Waals surface area contributed by atoms with Gasteiger partial charge in [0.15, 0.2) is 10.8 Å².